The van der Waals surface area contributed by atoms with Gasteiger partial charge >= 0.3 is 0 Å². The average Bonchev–Trinajstić information content (AvgIpc) is 2.74. The molecular weight excluding hydrogens is 220 g/mol. The monoisotopic (exact) mass is 240 g/mol. The van der Waals surface area contributed by atoms with Gasteiger partial charge in [-0.3, -0.25) is 0 Å². The van der Waals surface area contributed by atoms with E-state index in [-0.39, 0.29) is 0 Å². The van der Waals surface area contributed by atoms with Crippen LogP contribution in [0.25, 0.3) is 0 Å². The molecule has 2 nitrogen and oxygen atoms in total. The van der Waals surface area contributed by atoms with Crippen LogP contribution in [0.1, 0.15) is 24.3 Å². The van der Waals surface area contributed by atoms with E-state index in [1.807, 2.05) is 0 Å². The van der Waals surface area contributed by atoms with E-state index in [4.69, 9.17) is 5.73 Å². The first kappa shape index (κ1) is 11.5. The van der Waals surface area contributed by atoms with Gasteiger partial charge in [0, 0.05) is 18.2 Å². The summed E-state index contributed by atoms with van der Waals surface area (Å²) in [7, 11) is 0. The molecule has 1 aromatic carbocycles. The fourth-order valence-electron chi connectivity index (χ4n) is 3.07. The Bertz CT molecular complexity index is 476. The second-order valence-electron chi connectivity index (χ2n) is 5.03. The highest BCUT2D eigenvalue weighted by Gasteiger charge is 2.35. The summed E-state index contributed by atoms with van der Waals surface area (Å²) in [6.45, 7) is 1.90. The molecule has 2 heteroatoms. The van der Waals surface area contributed by atoms with Gasteiger partial charge in [0.05, 0.1) is 6.04 Å². The highest BCUT2D eigenvalue weighted by Crippen LogP contribution is 2.43. The van der Waals surface area contributed by atoms with Gasteiger partial charge in [-0.1, -0.05) is 42.5 Å². The van der Waals surface area contributed by atoms with E-state index >= 15 is 0 Å². The Balaban J connectivity index is 1.88. The quantitative estimate of drug-likeness (QED) is 0.820. The summed E-state index contributed by atoms with van der Waals surface area (Å²) >= 11 is 0. The first-order valence-electron chi connectivity index (χ1n) is 6.82. The Morgan fingerprint density at radius 3 is 2.78 bits per heavy atom. The molecule has 0 amide bonds. The molecule has 2 unspecified atom stereocenters. The van der Waals surface area contributed by atoms with E-state index in [2.05, 4.69) is 53.5 Å². The predicted molar refractivity (Wildman–Crippen MR) is 76.9 cm³/mol. The second-order valence-corrected chi connectivity index (χ2v) is 5.03. The normalized spacial score (nSPS) is 24.2. The zero-order valence-electron chi connectivity index (χ0n) is 10.6. The van der Waals surface area contributed by atoms with E-state index in [1.165, 1.54) is 17.7 Å². The fourth-order valence-corrected chi connectivity index (χ4v) is 3.07. The van der Waals surface area contributed by atoms with Crippen molar-refractivity contribution in [2.45, 2.75) is 24.8 Å². The lowest BCUT2D eigenvalue weighted by atomic mass is 9.91. The third-order valence-electron chi connectivity index (χ3n) is 3.92. The van der Waals surface area contributed by atoms with Crippen LogP contribution < -0.4 is 10.6 Å². The number of rotatable bonds is 4. The van der Waals surface area contributed by atoms with Crippen molar-refractivity contribution in [3.63, 3.8) is 0 Å². The number of hydrogen-bond donors (Lipinski definition) is 1. The number of fused-ring (bicyclic) bond motifs is 3. The zero-order valence-corrected chi connectivity index (χ0v) is 10.6. The number of hydrogen-bond acceptors (Lipinski definition) is 2. The highest BCUT2D eigenvalue weighted by atomic mass is 15.2. The third kappa shape index (κ3) is 1.87. The largest absolute Gasteiger partial charge is 0.364 e. The topological polar surface area (TPSA) is 29.3 Å². The van der Waals surface area contributed by atoms with Crippen LogP contribution in [0.5, 0.6) is 0 Å². The molecule has 0 saturated carbocycles. The van der Waals surface area contributed by atoms with Crippen molar-refractivity contribution in [3.8, 4) is 0 Å². The van der Waals surface area contributed by atoms with E-state index in [1.54, 1.807) is 0 Å². The maximum absolute atomic E-state index is 5.60. The van der Waals surface area contributed by atoms with E-state index < -0.39 is 0 Å². The van der Waals surface area contributed by atoms with Crippen LogP contribution in [0.3, 0.4) is 0 Å². The lowest BCUT2D eigenvalue weighted by Crippen LogP contribution is -2.33. The minimum absolute atomic E-state index is 0.505. The molecule has 2 N–H and O–H groups in total. The first-order chi connectivity index (χ1) is 8.92. The minimum atomic E-state index is 0.505. The molecule has 1 aliphatic heterocycles. The standard InChI is InChI=1S/C16H20N2/c17-11-5-6-12-18-15-9-3-1-7-13(15)14-8-2-4-10-16(14)18/h1-4,7-10,13,15H,5-6,11-12,17H2. The molecule has 0 bridgehead atoms. The van der Waals surface area contributed by atoms with Crippen LogP contribution in [-0.4, -0.2) is 19.1 Å². The van der Waals surface area contributed by atoms with Crippen molar-refractivity contribution in [1.29, 1.82) is 0 Å². The van der Waals surface area contributed by atoms with Crippen LogP contribution in [0.15, 0.2) is 48.6 Å². The Hall–Kier alpha value is -1.54. The number of allylic oxidation sites excluding steroid dienone is 2. The van der Waals surface area contributed by atoms with Gasteiger partial charge in [0.15, 0.2) is 0 Å². The third-order valence-corrected chi connectivity index (χ3v) is 3.92. The van der Waals surface area contributed by atoms with E-state index in [0.29, 0.717) is 12.0 Å². The van der Waals surface area contributed by atoms with Crippen molar-refractivity contribution in [2.24, 2.45) is 5.73 Å². The van der Waals surface area contributed by atoms with Crippen molar-refractivity contribution >= 4 is 5.69 Å². The molecule has 0 radical (unpaired) electrons. The summed E-state index contributed by atoms with van der Waals surface area (Å²) in [6.07, 6.45) is 11.3. The van der Waals surface area contributed by atoms with Gasteiger partial charge < -0.3 is 10.6 Å². The van der Waals surface area contributed by atoms with Gasteiger partial charge in [0.2, 0.25) is 0 Å². The maximum Gasteiger partial charge on any atom is 0.0580 e. The van der Waals surface area contributed by atoms with E-state index in [9.17, 15) is 0 Å². The Morgan fingerprint density at radius 2 is 1.89 bits per heavy atom. The summed E-state index contributed by atoms with van der Waals surface area (Å²) in [5.74, 6) is 0.532. The molecule has 0 fully saturated rings. The van der Waals surface area contributed by atoms with Gasteiger partial charge in [0.1, 0.15) is 0 Å². The molecule has 1 aliphatic carbocycles. The number of para-hydroxylation sites is 1. The summed E-state index contributed by atoms with van der Waals surface area (Å²) in [4.78, 5) is 2.54. The molecule has 18 heavy (non-hydrogen) atoms. The van der Waals surface area contributed by atoms with E-state index in [0.717, 1.165) is 19.5 Å². The predicted octanol–water partition coefficient (Wildman–Crippen LogP) is 2.82. The number of nitrogens with zero attached hydrogens (tertiary/aromatic N) is 1. The van der Waals surface area contributed by atoms with Crippen LogP contribution in [-0.2, 0) is 0 Å². The van der Waals surface area contributed by atoms with Crippen LogP contribution >= 0.6 is 0 Å². The molecule has 1 heterocycles. The van der Waals surface area contributed by atoms with Crippen LogP contribution in [0.4, 0.5) is 5.69 Å². The van der Waals surface area contributed by atoms with Crippen molar-refractivity contribution in [2.75, 3.05) is 18.0 Å². The van der Waals surface area contributed by atoms with Gasteiger partial charge in [0.25, 0.3) is 0 Å². The number of unbranched alkanes of at least 4 members (excludes halogenated alkanes) is 1. The summed E-state index contributed by atoms with van der Waals surface area (Å²) < 4.78 is 0. The smallest absolute Gasteiger partial charge is 0.0580 e. The van der Waals surface area contributed by atoms with Gasteiger partial charge in [-0.25, -0.2) is 0 Å². The van der Waals surface area contributed by atoms with Crippen molar-refractivity contribution < 1.29 is 0 Å². The maximum atomic E-state index is 5.60. The fraction of sp³-hybridized carbons (Fsp3) is 0.375. The molecular formula is C16H20N2. The number of benzene rings is 1. The van der Waals surface area contributed by atoms with Gasteiger partial charge in [-0.05, 0) is 31.0 Å². The number of anilines is 1. The van der Waals surface area contributed by atoms with Crippen LogP contribution in [0.2, 0.25) is 0 Å². The molecule has 2 aliphatic rings. The van der Waals surface area contributed by atoms with Crippen molar-refractivity contribution in [3.05, 3.63) is 54.1 Å². The second kappa shape index (κ2) is 4.99. The van der Waals surface area contributed by atoms with Gasteiger partial charge in [-0.15, -0.1) is 0 Å². The first-order valence-corrected chi connectivity index (χ1v) is 6.82. The highest BCUT2D eigenvalue weighted by molar-refractivity contribution is 5.65. The summed E-state index contributed by atoms with van der Waals surface area (Å²) in [6, 6.07) is 9.30. The lowest BCUT2D eigenvalue weighted by Gasteiger charge is -2.28. The summed E-state index contributed by atoms with van der Waals surface area (Å²) in [5.41, 5.74) is 8.47. The van der Waals surface area contributed by atoms with Crippen molar-refractivity contribution in [1.82, 2.24) is 0 Å². The molecule has 0 saturated heterocycles. The molecule has 3 rings (SSSR count). The molecule has 1 aromatic rings. The zero-order chi connectivity index (χ0) is 12.4. The lowest BCUT2D eigenvalue weighted by molar-refractivity contribution is 0.634. The molecule has 2 atom stereocenters. The van der Waals surface area contributed by atoms with Crippen LogP contribution in [0, 0.1) is 0 Å². The Kier molecular flexibility index (Phi) is 3.20. The minimum Gasteiger partial charge on any atom is -0.364 e. The SMILES string of the molecule is NCCCCN1c2ccccc2C2C=CC=CC21. The molecule has 94 valence electrons. The summed E-state index contributed by atoms with van der Waals surface area (Å²) in [5, 5.41) is 0. The number of nitrogens with two attached hydrogens (primary N) is 1. The Morgan fingerprint density at radius 1 is 1.06 bits per heavy atom. The average molecular weight is 240 g/mol. The van der Waals surface area contributed by atoms with Gasteiger partial charge in [-0.2, -0.15) is 0 Å². The molecule has 0 spiro atoms. The molecule has 0 aromatic heterocycles. The Labute approximate surface area is 109 Å².